The fraction of sp³-hybridized carbons (Fsp3) is 1.00. The van der Waals surface area contributed by atoms with Crippen molar-refractivity contribution in [3.05, 3.63) is 0 Å². The van der Waals surface area contributed by atoms with Crippen molar-refractivity contribution in [2.75, 3.05) is 33.3 Å². The summed E-state index contributed by atoms with van der Waals surface area (Å²) in [5.74, 6) is 0. The Hall–Kier alpha value is -0.120. The number of ether oxygens (including phenoxy) is 1. The van der Waals surface area contributed by atoms with Gasteiger partial charge < -0.3 is 15.0 Å². The van der Waals surface area contributed by atoms with Gasteiger partial charge in [0.2, 0.25) is 0 Å². The van der Waals surface area contributed by atoms with E-state index in [1.165, 1.54) is 25.9 Å². The average Bonchev–Trinajstić information content (AvgIpc) is 2.21. The molecule has 1 atom stereocenters. The number of hydrogen-bond donors (Lipinski definition) is 1. The van der Waals surface area contributed by atoms with Gasteiger partial charge in [-0.05, 0) is 39.4 Å². The molecule has 1 N–H and O–H groups in total. The molecule has 1 rings (SSSR count). The van der Waals surface area contributed by atoms with Crippen LogP contribution >= 0.6 is 0 Å². The monoisotopic (exact) mass is 200 g/mol. The van der Waals surface area contributed by atoms with E-state index in [0.29, 0.717) is 6.10 Å². The summed E-state index contributed by atoms with van der Waals surface area (Å²) >= 11 is 0. The van der Waals surface area contributed by atoms with Crippen molar-refractivity contribution in [1.82, 2.24) is 10.2 Å². The second kappa shape index (κ2) is 6.38. The van der Waals surface area contributed by atoms with Gasteiger partial charge in [0.05, 0.1) is 6.10 Å². The number of rotatable bonds is 5. The van der Waals surface area contributed by atoms with E-state index in [4.69, 9.17) is 4.74 Å². The SMILES string of the molecule is CCNC1CCN(CC(C)OC)CC1. The first-order chi connectivity index (χ1) is 6.76. The number of likely N-dealkylation sites (tertiary alicyclic amines) is 1. The summed E-state index contributed by atoms with van der Waals surface area (Å²) in [6, 6.07) is 0.745. The molecule has 0 spiro atoms. The molecule has 0 saturated carbocycles. The third-order valence-electron chi connectivity index (χ3n) is 3.00. The van der Waals surface area contributed by atoms with Gasteiger partial charge in [0, 0.05) is 19.7 Å². The van der Waals surface area contributed by atoms with Crippen LogP contribution in [0.25, 0.3) is 0 Å². The molecular weight excluding hydrogens is 176 g/mol. The number of nitrogens with one attached hydrogen (secondary N) is 1. The second-order valence-corrected chi connectivity index (χ2v) is 4.18. The first kappa shape index (κ1) is 12.0. The van der Waals surface area contributed by atoms with Crippen molar-refractivity contribution in [3.8, 4) is 0 Å². The van der Waals surface area contributed by atoms with Crippen LogP contribution in [-0.4, -0.2) is 50.3 Å². The Bertz CT molecular complexity index is 144. The lowest BCUT2D eigenvalue weighted by atomic mass is 10.0. The van der Waals surface area contributed by atoms with Crippen LogP contribution in [-0.2, 0) is 4.74 Å². The minimum atomic E-state index is 0.366. The molecule has 0 aromatic carbocycles. The van der Waals surface area contributed by atoms with Gasteiger partial charge in [0.15, 0.2) is 0 Å². The van der Waals surface area contributed by atoms with E-state index in [9.17, 15) is 0 Å². The molecule has 1 fully saturated rings. The van der Waals surface area contributed by atoms with E-state index in [-0.39, 0.29) is 0 Å². The van der Waals surface area contributed by atoms with Crippen molar-refractivity contribution in [2.45, 2.75) is 38.8 Å². The third kappa shape index (κ3) is 3.95. The van der Waals surface area contributed by atoms with Crippen molar-refractivity contribution in [2.24, 2.45) is 0 Å². The second-order valence-electron chi connectivity index (χ2n) is 4.18. The van der Waals surface area contributed by atoms with Crippen LogP contribution in [0.3, 0.4) is 0 Å². The quantitative estimate of drug-likeness (QED) is 0.719. The van der Waals surface area contributed by atoms with Crippen LogP contribution in [0.1, 0.15) is 26.7 Å². The molecule has 0 aromatic heterocycles. The van der Waals surface area contributed by atoms with Crippen LogP contribution in [0.15, 0.2) is 0 Å². The van der Waals surface area contributed by atoms with Gasteiger partial charge in [0.25, 0.3) is 0 Å². The number of methoxy groups -OCH3 is 1. The summed E-state index contributed by atoms with van der Waals surface area (Å²) in [5.41, 5.74) is 0. The predicted octanol–water partition coefficient (Wildman–Crippen LogP) is 1.10. The molecule has 0 aromatic rings. The minimum Gasteiger partial charge on any atom is -0.380 e. The highest BCUT2D eigenvalue weighted by Crippen LogP contribution is 2.10. The van der Waals surface area contributed by atoms with Crippen LogP contribution in [0, 0.1) is 0 Å². The highest BCUT2D eigenvalue weighted by Gasteiger charge is 2.19. The van der Waals surface area contributed by atoms with Gasteiger partial charge in [-0.25, -0.2) is 0 Å². The lowest BCUT2D eigenvalue weighted by Gasteiger charge is -2.33. The molecule has 1 heterocycles. The molecule has 84 valence electrons. The summed E-state index contributed by atoms with van der Waals surface area (Å²) in [4.78, 5) is 2.50. The largest absolute Gasteiger partial charge is 0.380 e. The molecule has 3 heteroatoms. The molecular formula is C11H24N2O. The van der Waals surface area contributed by atoms with E-state index < -0.39 is 0 Å². The van der Waals surface area contributed by atoms with E-state index in [0.717, 1.165) is 19.1 Å². The maximum absolute atomic E-state index is 5.27. The highest BCUT2D eigenvalue weighted by atomic mass is 16.5. The summed E-state index contributed by atoms with van der Waals surface area (Å²) in [7, 11) is 1.79. The van der Waals surface area contributed by atoms with Crippen LogP contribution in [0.5, 0.6) is 0 Å². The zero-order valence-electron chi connectivity index (χ0n) is 9.75. The van der Waals surface area contributed by atoms with E-state index in [2.05, 4.69) is 24.1 Å². The molecule has 0 radical (unpaired) electrons. The molecule has 0 bridgehead atoms. The third-order valence-corrected chi connectivity index (χ3v) is 3.00. The fourth-order valence-electron chi connectivity index (χ4n) is 2.05. The van der Waals surface area contributed by atoms with Gasteiger partial charge in [-0.3, -0.25) is 0 Å². The summed E-state index contributed by atoms with van der Waals surface area (Å²) in [6.45, 7) is 8.92. The van der Waals surface area contributed by atoms with E-state index >= 15 is 0 Å². The zero-order chi connectivity index (χ0) is 10.4. The van der Waals surface area contributed by atoms with Crippen molar-refractivity contribution in [1.29, 1.82) is 0 Å². The Labute approximate surface area is 87.8 Å². The van der Waals surface area contributed by atoms with Gasteiger partial charge in [-0.15, -0.1) is 0 Å². The molecule has 0 aliphatic carbocycles. The summed E-state index contributed by atoms with van der Waals surface area (Å²) in [6.07, 6.45) is 2.93. The van der Waals surface area contributed by atoms with E-state index in [1.54, 1.807) is 7.11 Å². The van der Waals surface area contributed by atoms with Crippen LogP contribution in [0.2, 0.25) is 0 Å². The molecule has 14 heavy (non-hydrogen) atoms. The summed E-state index contributed by atoms with van der Waals surface area (Å²) < 4.78 is 5.27. The molecule has 1 aliphatic rings. The maximum Gasteiger partial charge on any atom is 0.0670 e. The van der Waals surface area contributed by atoms with Crippen LogP contribution < -0.4 is 5.32 Å². The normalized spacial score (nSPS) is 22.5. The maximum atomic E-state index is 5.27. The standard InChI is InChI=1S/C11H24N2O/c1-4-12-11-5-7-13(8-6-11)9-10(2)14-3/h10-12H,4-9H2,1-3H3. The Morgan fingerprint density at radius 2 is 2.07 bits per heavy atom. The van der Waals surface area contributed by atoms with Gasteiger partial charge in [-0.2, -0.15) is 0 Å². The van der Waals surface area contributed by atoms with Gasteiger partial charge in [0.1, 0.15) is 0 Å². The first-order valence-corrected chi connectivity index (χ1v) is 5.74. The van der Waals surface area contributed by atoms with Crippen molar-refractivity contribution < 1.29 is 4.74 Å². The number of hydrogen-bond acceptors (Lipinski definition) is 3. The smallest absolute Gasteiger partial charge is 0.0670 e. The molecule has 1 aliphatic heterocycles. The number of nitrogens with zero attached hydrogens (tertiary/aromatic N) is 1. The average molecular weight is 200 g/mol. The lowest BCUT2D eigenvalue weighted by molar-refractivity contribution is 0.0659. The first-order valence-electron chi connectivity index (χ1n) is 5.74. The molecule has 1 unspecified atom stereocenters. The van der Waals surface area contributed by atoms with Gasteiger partial charge >= 0.3 is 0 Å². The Kier molecular flexibility index (Phi) is 5.45. The highest BCUT2D eigenvalue weighted by molar-refractivity contribution is 4.77. The minimum absolute atomic E-state index is 0.366. The topological polar surface area (TPSA) is 24.5 Å². The van der Waals surface area contributed by atoms with Crippen LogP contribution in [0.4, 0.5) is 0 Å². The zero-order valence-corrected chi connectivity index (χ0v) is 9.75. The molecule has 3 nitrogen and oxygen atoms in total. The predicted molar refractivity (Wildman–Crippen MR) is 59.6 cm³/mol. The van der Waals surface area contributed by atoms with Crippen molar-refractivity contribution >= 4 is 0 Å². The van der Waals surface area contributed by atoms with Gasteiger partial charge in [-0.1, -0.05) is 6.92 Å². The Morgan fingerprint density at radius 1 is 1.43 bits per heavy atom. The molecule has 0 amide bonds. The molecule has 1 saturated heterocycles. The Morgan fingerprint density at radius 3 is 2.57 bits per heavy atom. The Balaban J connectivity index is 2.15. The number of piperidine rings is 1. The van der Waals surface area contributed by atoms with Crippen molar-refractivity contribution in [3.63, 3.8) is 0 Å². The lowest BCUT2D eigenvalue weighted by Crippen LogP contribution is -2.44. The van der Waals surface area contributed by atoms with E-state index in [1.807, 2.05) is 0 Å². The summed E-state index contributed by atoms with van der Waals surface area (Å²) in [5, 5.41) is 3.51. The fourth-order valence-corrected chi connectivity index (χ4v) is 2.05.